The minimum Gasteiger partial charge on any atom is -0.318 e. The van der Waals surface area contributed by atoms with Gasteiger partial charge in [-0.3, -0.25) is 9.59 Å². The van der Waals surface area contributed by atoms with Gasteiger partial charge in [-0.25, -0.2) is 0 Å². The van der Waals surface area contributed by atoms with Crippen LogP contribution in [0.2, 0.25) is 5.02 Å². The van der Waals surface area contributed by atoms with Gasteiger partial charge in [0.25, 0.3) is 0 Å². The first-order chi connectivity index (χ1) is 10.4. The predicted molar refractivity (Wildman–Crippen MR) is 89.4 cm³/mol. The van der Waals surface area contributed by atoms with E-state index in [-0.39, 0.29) is 0 Å². The fraction of sp³-hybridized carbons (Fsp3) is 0.176. The minimum atomic E-state index is -0.730. The number of rotatable bonds is 2. The fourth-order valence-electron chi connectivity index (χ4n) is 1.96. The maximum absolute atomic E-state index is 12.0. The van der Waals surface area contributed by atoms with Crippen LogP contribution in [0.5, 0.6) is 0 Å². The molecule has 0 unspecified atom stereocenters. The lowest BCUT2D eigenvalue weighted by Crippen LogP contribution is -2.29. The number of carbonyl (C=O) groups excluding carboxylic acids is 2. The van der Waals surface area contributed by atoms with Crippen molar-refractivity contribution in [3.05, 3.63) is 58.1 Å². The van der Waals surface area contributed by atoms with Crippen molar-refractivity contribution < 1.29 is 9.59 Å². The third-order valence-corrected chi connectivity index (χ3v) is 3.53. The van der Waals surface area contributed by atoms with Crippen molar-refractivity contribution >= 4 is 34.8 Å². The first-order valence-electron chi connectivity index (χ1n) is 6.82. The summed E-state index contributed by atoms with van der Waals surface area (Å²) in [5.41, 5.74) is 3.88. The number of carbonyl (C=O) groups is 2. The highest BCUT2D eigenvalue weighted by molar-refractivity contribution is 6.44. The van der Waals surface area contributed by atoms with Gasteiger partial charge in [0.15, 0.2) is 0 Å². The number of anilines is 2. The van der Waals surface area contributed by atoms with E-state index in [1.807, 2.05) is 39.0 Å². The van der Waals surface area contributed by atoms with Crippen LogP contribution in [0.25, 0.3) is 0 Å². The van der Waals surface area contributed by atoms with Crippen molar-refractivity contribution in [1.29, 1.82) is 0 Å². The highest BCUT2D eigenvalue weighted by Crippen LogP contribution is 2.20. The zero-order valence-electron chi connectivity index (χ0n) is 12.7. The lowest BCUT2D eigenvalue weighted by molar-refractivity contribution is -0.133. The zero-order chi connectivity index (χ0) is 16.3. The summed E-state index contributed by atoms with van der Waals surface area (Å²) < 4.78 is 0. The van der Waals surface area contributed by atoms with Crippen molar-refractivity contribution in [3.8, 4) is 0 Å². The largest absolute Gasteiger partial charge is 0.318 e. The molecule has 0 aromatic heterocycles. The van der Waals surface area contributed by atoms with Gasteiger partial charge in [-0.1, -0.05) is 29.8 Å². The van der Waals surface area contributed by atoms with Gasteiger partial charge in [-0.15, -0.1) is 0 Å². The van der Waals surface area contributed by atoms with Crippen LogP contribution >= 0.6 is 11.6 Å². The Morgan fingerprint density at radius 1 is 0.818 bits per heavy atom. The summed E-state index contributed by atoms with van der Waals surface area (Å²) in [4.78, 5) is 24.0. The van der Waals surface area contributed by atoms with Crippen LogP contribution in [0.4, 0.5) is 11.4 Å². The third kappa shape index (κ3) is 3.86. The molecule has 4 nitrogen and oxygen atoms in total. The highest BCUT2D eigenvalue weighted by Gasteiger charge is 2.16. The molecule has 0 heterocycles. The molecule has 0 saturated heterocycles. The van der Waals surface area contributed by atoms with Crippen LogP contribution in [0, 0.1) is 20.8 Å². The lowest BCUT2D eigenvalue weighted by Gasteiger charge is -2.11. The summed E-state index contributed by atoms with van der Waals surface area (Å²) in [6.07, 6.45) is 0. The third-order valence-electron chi connectivity index (χ3n) is 3.30. The van der Waals surface area contributed by atoms with Gasteiger partial charge in [0.2, 0.25) is 0 Å². The molecule has 2 amide bonds. The summed E-state index contributed by atoms with van der Waals surface area (Å²) in [5.74, 6) is -1.45. The van der Waals surface area contributed by atoms with E-state index in [9.17, 15) is 9.59 Å². The average molecular weight is 317 g/mol. The van der Waals surface area contributed by atoms with Crippen molar-refractivity contribution in [1.82, 2.24) is 0 Å². The van der Waals surface area contributed by atoms with E-state index in [0.29, 0.717) is 16.4 Å². The van der Waals surface area contributed by atoms with Gasteiger partial charge in [-0.2, -0.15) is 0 Å². The van der Waals surface area contributed by atoms with Crippen molar-refractivity contribution in [3.63, 3.8) is 0 Å². The Balaban J connectivity index is 2.11. The molecule has 22 heavy (non-hydrogen) atoms. The maximum atomic E-state index is 12.0. The Hall–Kier alpha value is -2.33. The molecule has 2 aromatic rings. The molecule has 0 atom stereocenters. The van der Waals surface area contributed by atoms with Gasteiger partial charge in [0, 0.05) is 16.4 Å². The summed E-state index contributed by atoms with van der Waals surface area (Å²) >= 11 is 5.90. The Bertz CT molecular complexity index is 678. The van der Waals surface area contributed by atoms with E-state index in [1.54, 1.807) is 18.2 Å². The number of benzene rings is 2. The number of hydrogen-bond acceptors (Lipinski definition) is 2. The average Bonchev–Trinajstić information content (AvgIpc) is 2.46. The van der Waals surface area contributed by atoms with Crippen LogP contribution < -0.4 is 10.6 Å². The molecule has 0 saturated carbocycles. The van der Waals surface area contributed by atoms with Crippen molar-refractivity contribution in [2.75, 3.05) is 10.6 Å². The Labute approximate surface area is 134 Å². The Morgan fingerprint density at radius 3 is 1.91 bits per heavy atom. The highest BCUT2D eigenvalue weighted by atomic mass is 35.5. The maximum Gasteiger partial charge on any atom is 0.314 e. The molecule has 5 heteroatoms. The van der Waals surface area contributed by atoms with Gasteiger partial charge < -0.3 is 10.6 Å². The first kappa shape index (κ1) is 16.0. The Morgan fingerprint density at radius 2 is 1.32 bits per heavy atom. The van der Waals surface area contributed by atoms with Gasteiger partial charge in [0.1, 0.15) is 0 Å². The van der Waals surface area contributed by atoms with Crippen molar-refractivity contribution in [2.24, 2.45) is 0 Å². The molecule has 0 fully saturated rings. The van der Waals surface area contributed by atoms with E-state index in [2.05, 4.69) is 10.6 Å². The minimum absolute atomic E-state index is 0.496. The van der Waals surface area contributed by atoms with Crippen molar-refractivity contribution in [2.45, 2.75) is 20.8 Å². The molecule has 2 N–H and O–H groups in total. The predicted octanol–water partition coefficient (Wildman–Crippen LogP) is 3.84. The molecule has 0 aliphatic heterocycles. The second kappa shape index (κ2) is 6.62. The number of halogens is 1. The van der Waals surface area contributed by atoms with Crippen LogP contribution in [0.1, 0.15) is 16.7 Å². The topological polar surface area (TPSA) is 58.2 Å². The van der Waals surface area contributed by atoms with E-state index < -0.39 is 11.8 Å². The molecule has 0 radical (unpaired) electrons. The molecular formula is C17H17ClN2O2. The summed E-state index contributed by atoms with van der Waals surface area (Å²) in [6, 6.07) is 10.8. The zero-order valence-corrected chi connectivity index (χ0v) is 13.4. The smallest absolute Gasteiger partial charge is 0.314 e. The number of hydrogen-bond donors (Lipinski definition) is 2. The SMILES string of the molecule is Cc1ccc(C)c(NC(=O)C(=O)Nc2cc(Cl)ccc2C)c1. The Kier molecular flexibility index (Phi) is 4.83. The van der Waals surface area contributed by atoms with Crippen LogP contribution in [0.15, 0.2) is 36.4 Å². The fourth-order valence-corrected chi connectivity index (χ4v) is 2.13. The molecule has 0 aliphatic rings. The molecule has 0 spiro atoms. The molecule has 2 rings (SSSR count). The molecular weight excluding hydrogens is 300 g/mol. The van der Waals surface area contributed by atoms with Gasteiger partial charge in [-0.05, 0) is 55.7 Å². The van der Waals surface area contributed by atoms with Crippen LogP contribution in [-0.2, 0) is 9.59 Å². The molecule has 2 aromatic carbocycles. The normalized spacial score (nSPS) is 10.2. The van der Waals surface area contributed by atoms with E-state index in [0.717, 1.165) is 16.7 Å². The second-order valence-electron chi connectivity index (χ2n) is 5.19. The standard InChI is InChI=1S/C17H17ClN2O2/c1-10-4-5-11(2)14(8-10)19-16(21)17(22)20-15-9-13(18)7-6-12(15)3/h4-9H,1-3H3,(H,19,21)(H,20,22). The molecule has 114 valence electrons. The monoisotopic (exact) mass is 316 g/mol. The number of aryl methyl sites for hydroxylation is 3. The number of nitrogens with one attached hydrogen (secondary N) is 2. The second-order valence-corrected chi connectivity index (χ2v) is 5.62. The van der Waals surface area contributed by atoms with Gasteiger partial charge >= 0.3 is 11.8 Å². The molecule has 0 bridgehead atoms. The molecule has 0 aliphatic carbocycles. The quantitative estimate of drug-likeness (QED) is 0.827. The summed E-state index contributed by atoms with van der Waals surface area (Å²) in [5, 5.41) is 5.69. The lowest BCUT2D eigenvalue weighted by atomic mass is 10.1. The van der Waals surface area contributed by atoms with Crippen LogP contribution in [-0.4, -0.2) is 11.8 Å². The first-order valence-corrected chi connectivity index (χ1v) is 7.20. The van der Waals surface area contributed by atoms with E-state index in [1.165, 1.54) is 0 Å². The van der Waals surface area contributed by atoms with Gasteiger partial charge in [0.05, 0.1) is 0 Å². The number of amides is 2. The van der Waals surface area contributed by atoms with E-state index in [4.69, 9.17) is 11.6 Å². The van der Waals surface area contributed by atoms with E-state index >= 15 is 0 Å². The summed E-state index contributed by atoms with van der Waals surface area (Å²) in [7, 11) is 0. The van der Waals surface area contributed by atoms with Crippen LogP contribution in [0.3, 0.4) is 0 Å². The summed E-state index contributed by atoms with van der Waals surface area (Å²) in [6.45, 7) is 5.62.